The van der Waals surface area contributed by atoms with Gasteiger partial charge in [0.1, 0.15) is 0 Å². The van der Waals surface area contributed by atoms with Crippen LogP contribution in [0.25, 0.3) is 0 Å². The van der Waals surface area contributed by atoms with Crippen LogP contribution in [0.5, 0.6) is 0 Å². The SMILES string of the molecule is Cc1cccc(C2(C(=O)Nc3cc(Cl)ccc3Cl)CC2)c1. The van der Waals surface area contributed by atoms with E-state index in [9.17, 15) is 4.79 Å². The smallest absolute Gasteiger partial charge is 0.235 e. The Labute approximate surface area is 134 Å². The summed E-state index contributed by atoms with van der Waals surface area (Å²) in [6.07, 6.45) is 1.72. The van der Waals surface area contributed by atoms with Gasteiger partial charge in [-0.2, -0.15) is 0 Å². The summed E-state index contributed by atoms with van der Waals surface area (Å²) in [7, 11) is 0. The first-order chi connectivity index (χ1) is 10.0. The molecule has 0 bridgehead atoms. The van der Waals surface area contributed by atoms with Gasteiger partial charge in [0.15, 0.2) is 0 Å². The zero-order valence-electron chi connectivity index (χ0n) is 11.6. The Hall–Kier alpha value is -1.51. The van der Waals surface area contributed by atoms with Crippen LogP contribution >= 0.6 is 23.2 Å². The lowest BCUT2D eigenvalue weighted by atomic mass is 9.93. The number of hydrogen-bond acceptors (Lipinski definition) is 1. The minimum absolute atomic E-state index is 0.0164. The van der Waals surface area contributed by atoms with Gasteiger partial charge in [-0.15, -0.1) is 0 Å². The Morgan fingerprint density at radius 1 is 1.14 bits per heavy atom. The first-order valence-electron chi connectivity index (χ1n) is 6.85. The van der Waals surface area contributed by atoms with Crippen LogP contribution in [0, 0.1) is 6.92 Å². The van der Waals surface area contributed by atoms with Crippen molar-refractivity contribution in [2.24, 2.45) is 0 Å². The average molecular weight is 320 g/mol. The molecule has 1 aliphatic carbocycles. The number of anilines is 1. The predicted octanol–water partition coefficient (Wildman–Crippen LogP) is 4.97. The van der Waals surface area contributed by atoms with Crippen molar-refractivity contribution in [2.45, 2.75) is 25.2 Å². The minimum Gasteiger partial charge on any atom is -0.324 e. The molecule has 2 aromatic rings. The van der Waals surface area contributed by atoms with Crippen LogP contribution < -0.4 is 5.32 Å². The van der Waals surface area contributed by atoms with Gasteiger partial charge in [-0.3, -0.25) is 4.79 Å². The normalized spacial score (nSPS) is 15.6. The second-order valence-electron chi connectivity index (χ2n) is 5.53. The van der Waals surface area contributed by atoms with E-state index in [-0.39, 0.29) is 5.91 Å². The fraction of sp³-hybridized carbons (Fsp3) is 0.235. The molecule has 0 aliphatic heterocycles. The van der Waals surface area contributed by atoms with E-state index in [1.165, 1.54) is 0 Å². The van der Waals surface area contributed by atoms with Crippen molar-refractivity contribution in [2.75, 3.05) is 5.32 Å². The summed E-state index contributed by atoms with van der Waals surface area (Å²) in [5.41, 5.74) is 2.37. The molecule has 3 rings (SSSR count). The fourth-order valence-corrected chi connectivity index (χ4v) is 2.89. The Morgan fingerprint density at radius 2 is 1.90 bits per heavy atom. The quantitative estimate of drug-likeness (QED) is 0.850. The van der Waals surface area contributed by atoms with Crippen molar-refractivity contribution in [3.05, 3.63) is 63.6 Å². The number of halogens is 2. The number of carbonyl (C=O) groups excluding carboxylic acids is 1. The maximum absolute atomic E-state index is 12.7. The molecule has 2 aromatic carbocycles. The van der Waals surface area contributed by atoms with Crippen LogP contribution in [-0.2, 0) is 10.2 Å². The lowest BCUT2D eigenvalue weighted by Gasteiger charge is -2.17. The van der Waals surface area contributed by atoms with Crippen molar-refractivity contribution < 1.29 is 4.79 Å². The molecule has 0 spiro atoms. The first-order valence-corrected chi connectivity index (χ1v) is 7.60. The second-order valence-corrected chi connectivity index (χ2v) is 6.37. The van der Waals surface area contributed by atoms with E-state index in [4.69, 9.17) is 23.2 Å². The molecule has 1 fully saturated rings. The van der Waals surface area contributed by atoms with Gasteiger partial charge in [-0.25, -0.2) is 0 Å². The maximum atomic E-state index is 12.7. The molecule has 2 nitrogen and oxygen atoms in total. The van der Waals surface area contributed by atoms with Crippen molar-refractivity contribution in [3.63, 3.8) is 0 Å². The third kappa shape index (κ3) is 2.78. The molecule has 108 valence electrons. The summed E-state index contributed by atoms with van der Waals surface area (Å²) in [5.74, 6) is -0.0164. The van der Waals surface area contributed by atoms with Crippen LogP contribution in [-0.4, -0.2) is 5.91 Å². The van der Waals surface area contributed by atoms with Gasteiger partial charge in [-0.05, 0) is 43.5 Å². The molecule has 1 aliphatic rings. The number of hydrogen-bond donors (Lipinski definition) is 1. The Kier molecular flexibility index (Phi) is 3.68. The summed E-state index contributed by atoms with van der Waals surface area (Å²) in [6, 6.07) is 13.2. The molecule has 0 atom stereocenters. The van der Waals surface area contributed by atoms with Crippen LogP contribution in [0.15, 0.2) is 42.5 Å². The van der Waals surface area contributed by atoms with Crippen molar-refractivity contribution in [1.29, 1.82) is 0 Å². The highest BCUT2D eigenvalue weighted by Crippen LogP contribution is 2.49. The topological polar surface area (TPSA) is 29.1 Å². The monoisotopic (exact) mass is 319 g/mol. The van der Waals surface area contributed by atoms with Gasteiger partial charge in [0.05, 0.1) is 16.1 Å². The molecule has 0 heterocycles. The first kappa shape index (κ1) is 14.4. The van der Waals surface area contributed by atoms with Gasteiger partial charge in [0.25, 0.3) is 0 Å². The van der Waals surface area contributed by atoms with Crippen LogP contribution in [0.3, 0.4) is 0 Å². The highest BCUT2D eigenvalue weighted by molar-refractivity contribution is 6.35. The summed E-state index contributed by atoms with van der Waals surface area (Å²) in [5, 5.41) is 3.96. The minimum atomic E-state index is -0.419. The molecule has 0 aromatic heterocycles. The number of carbonyl (C=O) groups is 1. The average Bonchev–Trinajstić information content (AvgIpc) is 3.24. The maximum Gasteiger partial charge on any atom is 0.235 e. The van der Waals surface area contributed by atoms with E-state index in [0.717, 1.165) is 24.0 Å². The standard InChI is InChI=1S/C17H15Cl2NO/c1-11-3-2-4-12(9-11)17(7-8-17)16(21)20-15-10-13(18)5-6-14(15)19/h2-6,9-10H,7-8H2,1H3,(H,20,21). The van der Waals surface area contributed by atoms with E-state index >= 15 is 0 Å². The molecular formula is C17H15Cl2NO. The van der Waals surface area contributed by atoms with E-state index in [0.29, 0.717) is 15.7 Å². The molecular weight excluding hydrogens is 305 g/mol. The summed E-state index contributed by atoms with van der Waals surface area (Å²) < 4.78 is 0. The van der Waals surface area contributed by atoms with E-state index in [1.54, 1.807) is 18.2 Å². The molecule has 4 heteroatoms. The van der Waals surface area contributed by atoms with Crippen molar-refractivity contribution in [3.8, 4) is 0 Å². The zero-order valence-corrected chi connectivity index (χ0v) is 13.1. The highest BCUT2D eigenvalue weighted by atomic mass is 35.5. The number of amides is 1. The Balaban J connectivity index is 1.87. The second kappa shape index (κ2) is 5.36. The molecule has 0 radical (unpaired) electrons. The number of aryl methyl sites for hydroxylation is 1. The number of benzene rings is 2. The highest BCUT2D eigenvalue weighted by Gasteiger charge is 2.51. The molecule has 1 N–H and O–H groups in total. The molecule has 1 saturated carbocycles. The lowest BCUT2D eigenvalue weighted by molar-refractivity contribution is -0.118. The van der Waals surface area contributed by atoms with Gasteiger partial charge in [-0.1, -0.05) is 53.0 Å². The van der Waals surface area contributed by atoms with Crippen LogP contribution in [0.1, 0.15) is 24.0 Å². The lowest BCUT2D eigenvalue weighted by Crippen LogP contribution is -2.28. The van der Waals surface area contributed by atoms with Crippen molar-refractivity contribution >= 4 is 34.8 Å². The summed E-state index contributed by atoms with van der Waals surface area (Å²) in [4.78, 5) is 12.7. The Morgan fingerprint density at radius 3 is 2.57 bits per heavy atom. The third-order valence-corrected chi connectivity index (χ3v) is 4.50. The number of rotatable bonds is 3. The molecule has 21 heavy (non-hydrogen) atoms. The molecule has 0 saturated heterocycles. The van der Waals surface area contributed by atoms with Crippen LogP contribution in [0.4, 0.5) is 5.69 Å². The fourth-order valence-electron chi connectivity index (χ4n) is 2.55. The van der Waals surface area contributed by atoms with E-state index in [1.807, 2.05) is 25.1 Å². The Bertz CT molecular complexity index is 708. The predicted molar refractivity (Wildman–Crippen MR) is 87.2 cm³/mol. The third-order valence-electron chi connectivity index (χ3n) is 3.93. The zero-order chi connectivity index (χ0) is 15.0. The number of nitrogens with one attached hydrogen (secondary N) is 1. The van der Waals surface area contributed by atoms with E-state index in [2.05, 4.69) is 11.4 Å². The van der Waals surface area contributed by atoms with E-state index < -0.39 is 5.41 Å². The largest absolute Gasteiger partial charge is 0.324 e. The van der Waals surface area contributed by atoms with Gasteiger partial charge >= 0.3 is 0 Å². The van der Waals surface area contributed by atoms with Crippen LogP contribution in [0.2, 0.25) is 10.0 Å². The summed E-state index contributed by atoms with van der Waals surface area (Å²) >= 11 is 12.1. The van der Waals surface area contributed by atoms with Gasteiger partial charge < -0.3 is 5.32 Å². The van der Waals surface area contributed by atoms with Gasteiger partial charge in [0.2, 0.25) is 5.91 Å². The molecule has 1 amide bonds. The van der Waals surface area contributed by atoms with Crippen molar-refractivity contribution in [1.82, 2.24) is 0 Å². The summed E-state index contributed by atoms with van der Waals surface area (Å²) in [6.45, 7) is 2.03. The van der Waals surface area contributed by atoms with Gasteiger partial charge in [0, 0.05) is 5.02 Å². The molecule has 0 unspecified atom stereocenters.